The van der Waals surface area contributed by atoms with Gasteiger partial charge in [-0.3, -0.25) is 14.4 Å². The van der Waals surface area contributed by atoms with Crippen molar-refractivity contribution in [1.82, 2.24) is 0 Å². The second-order valence-electron chi connectivity index (χ2n) is 7.70. The minimum atomic E-state index is -3.35. The van der Waals surface area contributed by atoms with Gasteiger partial charge in [0.25, 0.3) is 11.8 Å². The minimum absolute atomic E-state index is 0.00818. The topological polar surface area (TPSA) is 82.1 Å². The van der Waals surface area contributed by atoms with Crippen LogP contribution >= 0.6 is 0 Å². The van der Waals surface area contributed by atoms with Gasteiger partial charge in [0.2, 0.25) is 6.36 Å². The second-order valence-corrected chi connectivity index (χ2v) is 7.70. The molecule has 0 aliphatic carbocycles. The van der Waals surface area contributed by atoms with Crippen molar-refractivity contribution in [1.29, 1.82) is 0 Å². The smallest absolute Gasteiger partial charge is 0.387 e. The fourth-order valence-corrected chi connectivity index (χ4v) is 4.02. The Morgan fingerprint density at radius 2 is 1.53 bits per heavy atom. The number of nitrogens with zero attached hydrogens (tertiary/aromatic N) is 1. The van der Waals surface area contributed by atoms with Crippen molar-refractivity contribution in [2.45, 2.75) is 33.2 Å². The molecule has 11 heteroatoms. The maximum Gasteiger partial charge on any atom is 0.387 e. The molecule has 1 aliphatic heterocycles. The highest BCUT2D eigenvalue weighted by atomic mass is 19.3. The number of rotatable bonds is 8. The molecule has 2 amide bonds. The summed E-state index contributed by atoms with van der Waals surface area (Å²) in [7, 11) is 0. The van der Waals surface area contributed by atoms with Gasteiger partial charge in [-0.2, -0.15) is 8.78 Å². The largest absolute Gasteiger partial charge is 0.466 e. The monoisotopic (exact) mass is 505 g/mol. The van der Waals surface area contributed by atoms with E-state index in [0.717, 1.165) is 13.0 Å². The lowest BCUT2D eigenvalue weighted by molar-refractivity contribution is -0.142. The van der Waals surface area contributed by atoms with Crippen LogP contribution in [0.1, 0.15) is 40.1 Å². The third kappa shape index (κ3) is 4.43. The molecule has 3 aromatic rings. The van der Waals surface area contributed by atoms with E-state index in [1.54, 1.807) is 6.92 Å². The van der Waals surface area contributed by atoms with Crippen LogP contribution in [0.3, 0.4) is 0 Å². The molecule has 188 valence electrons. The van der Waals surface area contributed by atoms with E-state index in [4.69, 9.17) is 9.47 Å². The van der Waals surface area contributed by atoms with Crippen LogP contribution in [0.4, 0.5) is 23.2 Å². The number of fused-ring (bicyclic) bond motifs is 2. The SMILES string of the molecule is CCOC(=O)Cc1ccc(N2C(=O)c3c(c(OC(F)F)c4ccccc4c3OC(C)F)C2=O)cc1F. The number of benzene rings is 3. The molecule has 1 aliphatic rings. The van der Waals surface area contributed by atoms with Gasteiger partial charge < -0.3 is 14.2 Å². The maximum absolute atomic E-state index is 14.8. The van der Waals surface area contributed by atoms with E-state index in [2.05, 4.69) is 4.74 Å². The Morgan fingerprint density at radius 3 is 2.03 bits per heavy atom. The highest BCUT2D eigenvalue weighted by Gasteiger charge is 2.44. The highest BCUT2D eigenvalue weighted by Crippen LogP contribution is 2.46. The van der Waals surface area contributed by atoms with Crippen LogP contribution in [-0.2, 0) is 16.0 Å². The lowest BCUT2D eigenvalue weighted by Gasteiger charge is -2.17. The van der Waals surface area contributed by atoms with Gasteiger partial charge in [-0.15, -0.1) is 0 Å². The van der Waals surface area contributed by atoms with Gasteiger partial charge >= 0.3 is 12.6 Å². The van der Waals surface area contributed by atoms with Crippen molar-refractivity contribution in [3.05, 3.63) is 65.0 Å². The molecule has 1 atom stereocenters. The molecule has 36 heavy (non-hydrogen) atoms. The molecule has 0 bridgehead atoms. The van der Waals surface area contributed by atoms with Crippen LogP contribution in [-0.4, -0.2) is 37.4 Å². The van der Waals surface area contributed by atoms with E-state index in [1.165, 1.54) is 36.4 Å². The summed E-state index contributed by atoms with van der Waals surface area (Å²) in [6.45, 7) is -0.605. The van der Waals surface area contributed by atoms with Crippen LogP contribution in [0.25, 0.3) is 10.8 Å². The van der Waals surface area contributed by atoms with E-state index in [9.17, 15) is 31.9 Å². The number of carbonyl (C=O) groups is 3. The van der Waals surface area contributed by atoms with Gasteiger partial charge in [0.15, 0.2) is 0 Å². The first-order valence-electron chi connectivity index (χ1n) is 10.8. The van der Waals surface area contributed by atoms with Gasteiger partial charge in [0.05, 0.1) is 29.8 Å². The van der Waals surface area contributed by atoms with Crippen LogP contribution in [0, 0.1) is 5.82 Å². The number of anilines is 1. The standard InChI is InChI=1S/C25H19F4NO6/c1-3-34-18(31)10-13-8-9-14(11-17(13)27)30-23(32)19-20(24(30)33)22(36-25(28)29)16-7-5-4-6-15(16)21(19)35-12(2)26/h4-9,11-12,25H,3,10H2,1-2H3. The second kappa shape index (κ2) is 9.84. The van der Waals surface area contributed by atoms with E-state index in [1.807, 2.05) is 0 Å². The van der Waals surface area contributed by atoms with Gasteiger partial charge in [-0.05, 0) is 24.6 Å². The molecule has 0 saturated heterocycles. The fourth-order valence-electron chi connectivity index (χ4n) is 4.02. The molecule has 3 aromatic carbocycles. The molecule has 0 aromatic heterocycles. The summed E-state index contributed by atoms with van der Waals surface area (Å²) in [4.78, 5) is 39.0. The Bertz CT molecular complexity index is 1310. The van der Waals surface area contributed by atoms with Gasteiger partial charge in [-0.1, -0.05) is 30.3 Å². The van der Waals surface area contributed by atoms with Crippen molar-refractivity contribution < 1.29 is 46.2 Å². The molecule has 0 radical (unpaired) electrons. The number of halogens is 4. The van der Waals surface area contributed by atoms with Crippen LogP contribution in [0.5, 0.6) is 11.5 Å². The Hall–Kier alpha value is -4.15. The van der Waals surface area contributed by atoms with Crippen LogP contribution in [0.2, 0.25) is 0 Å². The van der Waals surface area contributed by atoms with E-state index >= 15 is 0 Å². The number of esters is 1. The molecule has 7 nitrogen and oxygen atoms in total. The number of imide groups is 1. The number of carbonyl (C=O) groups excluding carboxylic acids is 3. The van der Waals surface area contributed by atoms with E-state index < -0.39 is 53.4 Å². The van der Waals surface area contributed by atoms with Crippen LogP contribution < -0.4 is 14.4 Å². The number of hydrogen-bond donors (Lipinski definition) is 0. The molecule has 0 saturated carbocycles. The van der Waals surface area contributed by atoms with Crippen molar-refractivity contribution >= 4 is 34.2 Å². The zero-order valence-electron chi connectivity index (χ0n) is 19.0. The summed E-state index contributed by atoms with van der Waals surface area (Å²) < 4.78 is 70.0. The molecule has 4 rings (SSSR count). The molecule has 1 unspecified atom stereocenters. The average molecular weight is 505 g/mol. The number of alkyl halides is 3. The summed E-state index contributed by atoms with van der Waals surface area (Å²) >= 11 is 0. The van der Waals surface area contributed by atoms with Crippen LogP contribution in [0.15, 0.2) is 42.5 Å². The quantitative estimate of drug-likeness (QED) is 0.238. The van der Waals surface area contributed by atoms with Crippen molar-refractivity contribution in [2.75, 3.05) is 11.5 Å². The van der Waals surface area contributed by atoms with Crippen molar-refractivity contribution in [3.8, 4) is 11.5 Å². The Labute approximate surface area is 202 Å². The molecule has 0 spiro atoms. The van der Waals surface area contributed by atoms with Gasteiger partial charge in [0, 0.05) is 17.7 Å². The maximum atomic E-state index is 14.8. The third-order valence-corrected chi connectivity index (χ3v) is 5.38. The molecule has 1 heterocycles. The predicted molar refractivity (Wildman–Crippen MR) is 120 cm³/mol. The third-order valence-electron chi connectivity index (χ3n) is 5.38. The average Bonchev–Trinajstić information content (AvgIpc) is 3.07. The zero-order valence-corrected chi connectivity index (χ0v) is 19.0. The molecular weight excluding hydrogens is 486 g/mol. The molecule has 0 fully saturated rings. The summed E-state index contributed by atoms with van der Waals surface area (Å²) in [5.74, 6) is -4.64. The predicted octanol–water partition coefficient (Wildman–Crippen LogP) is 5.18. The summed E-state index contributed by atoms with van der Waals surface area (Å²) in [6.07, 6.45) is -2.30. The normalized spacial score (nSPS) is 13.8. The number of amides is 2. The number of ether oxygens (including phenoxy) is 3. The van der Waals surface area contributed by atoms with Gasteiger partial charge in [-0.25, -0.2) is 13.7 Å². The number of hydrogen-bond acceptors (Lipinski definition) is 6. The highest BCUT2D eigenvalue weighted by molar-refractivity contribution is 6.38. The first kappa shape index (κ1) is 25.0. The first-order valence-corrected chi connectivity index (χ1v) is 10.8. The Morgan fingerprint density at radius 1 is 0.944 bits per heavy atom. The minimum Gasteiger partial charge on any atom is -0.466 e. The lowest BCUT2D eigenvalue weighted by Crippen LogP contribution is -2.29. The Balaban J connectivity index is 1.87. The van der Waals surface area contributed by atoms with Crippen molar-refractivity contribution in [2.24, 2.45) is 0 Å². The van der Waals surface area contributed by atoms with Crippen molar-refractivity contribution in [3.63, 3.8) is 0 Å². The molecule has 0 N–H and O–H groups in total. The van der Waals surface area contributed by atoms with Gasteiger partial charge in [0.1, 0.15) is 17.3 Å². The lowest BCUT2D eigenvalue weighted by atomic mass is 9.99. The summed E-state index contributed by atoms with van der Waals surface area (Å²) in [5, 5.41) is 0.0570. The summed E-state index contributed by atoms with van der Waals surface area (Å²) in [5.41, 5.74) is -1.34. The first-order chi connectivity index (χ1) is 17.1. The molecular formula is C25H19F4NO6. The fraction of sp³-hybridized carbons (Fsp3) is 0.240. The van der Waals surface area contributed by atoms with E-state index in [0.29, 0.717) is 4.90 Å². The van der Waals surface area contributed by atoms with E-state index in [-0.39, 0.29) is 40.8 Å². The summed E-state index contributed by atoms with van der Waals surface area (Å²) in [6, 6.07) is 9.00. The zero-order chi connectivity index (χ0) is 26.1. The Kier molecular flexibility index (Phi) is 6.82.